The number of aryl methyl sites for hydroxylation is 1. The maximum Gasteiger partial charge on any atom is 0.133 e. The highest BCUT2D eigenvalue weighted by Gasteiger charge is 2.33. The third-order valence-corrected chi connectivity index (χ3v) is 3.46. The van der Waals surface area contributed by atoms with Crippen LogP contribution in [0.25, 0.3) is 0 Å². The zero-order valence-electron chi connectivity index (χ0n) is 11.6. The van der Waals surface area contributed by atoms with Gasteiger partial charge in [-0.2, -0.15) is 0 Å². The van der Waals surface area contributed by atoms with Crippen molar-refractivity contribution in [2.24, 2.45) is 0 Å². The maximum atomic E-state index is 9.35. The number of ether oxygens (including phenoxy) is 1. The van der Waals surface area contributed by atoms with Crippen LogP contribution in [0.4, 0.5) is 5.82 Å². The van der Waals surface area contributed by atoms with Gasteiger partial charge in [0.05, 0.1) is 18.3 Å². The van der Waals surface area contributed by atoms with E-state index in [1.807, 2.05) is 26.8 Å². The molecule has 6 heteroatoms. The Bertz CT molecular complexity index is 454. The monoisotopic (exact) mass is 329 g/mol. The van der Waals surface area contributed by atoms with Gasteiger partial charge in [-0.1, -0.05) is 6.92 Å². The van der Waals surface area contributed by atoms with Crippen molar-refractivity contribution in [3.63, 3.8) is 0 Å². The molecule has 1 N–H and O–H groups in total. The molecule has 0 spiro atoms. The number of nitrogens with zero attached hydrogens (tertiary/aromatic N) is 3. The van der Waals surface area contributed by atoms with Crippen LogP contribution in [-0.2, 0) is 11.2 Å². The molecule has 0 saturated carbocycles. The van der Waals surface area contributed by atoms with Gasteiger partial charge in [-0.25, -0.2) is 9.97 Å². The minimum Gasteiger partial charge on any atom is -0.394 e. The van der Waals surface area contributed by atoms with Crippen molar-refractivity contribution in [2.45, 2.75) is 38.9 Å². The van der Waals surface area contributed by atoms with Gasteiger partial charge in [-0.05, 0) is 29.8 Å². The van der Waals surface area contributed by atoms with Crippen LogP contribution < -0.4 is 4.90 Å². The molecule has 1 aromatic rings. The first-order valence-electron chi connectivity index (χ1n) is 6.50. The third-order valence-electron chi connectivity index (χ3n) is 3.05. The van der Waals surface area contributed by atoms with Gasteiger partial charge in [0.2, 0.25) is 0 Å². The number of morpholine rings is 1. The predicted molar refractivity (Wildman–Crippen MR) is 77.4 cm³/mol. The first kappa shape index (κ1) is 14.7. The summed E-state index contributed by atoms with van der Waals surface area (Å²) >= 11 is 3.42. The fourth-order valence-electron chi connectivity index (χ4n) is 2.34. The Balaban J connectivity index is 2.27. The van der Waals surface area contributed by atoms with Crippen molar-refractivity contribution in [3.05, 3.63) is 16.5 Å². The largest absolute Gasteiger partial charge is 0.394 e. The van der Waals surface area contributed by atoms with Gasteiger partial charge in [0.1, 0.15) is 16.2 Å². The van der Waals surface area contributed by atoms with Crippen molar-refractivity contribution >= 4 is 21.7 Å². The van der Waals surface area contributed by atoms with Crippen molar-refractivity contribution in [1.29, 1.82) is 0 Å². The van der Waals surface area contributed by atoms with Gasteiger partial charge < -0.3 is 14.7 Å². The Morgan fingerprint density at radius 2 is 2.26 bits per heavy atom. The molecule has 2 rings (SSSR count). The van der Waals surface area contributed by atoms with Crippen LogP contribution in [0.2, 0.25) is 0 Å². The molecule has 1 atom stereocenters. The molecule has 5 nitrogen and oxygen atoms in total. The Hall–Kier alpha value is -0.720. The molecule has 0 bridgehead atoms. The van der Waals surface area contributed by atoms with Gasteiger partial charge in [0.15, 0.2) is 0 Å². The topological polar surface area (TPSA) is 58.5 Å². The van der Waals surface area contributed by atoms with Crippen LogP contribution >= 0.6 is 15.9 Å². The van der Waals surface area contributed by atoms with E-state index < -0.39 is 0 Å². The summed E-state index contributed by atoms with van der Waals surface area (Å²) in [5.41, 5.74) is -0.296. The molecular formula is C13H20BrN3O2. The van der Waals surface area contributed by atoms with E-state index in [4.69, 9.17) is 4.74 Å². The number of aliphatic hydroxyl groups is 1. The summed E-state index contributed by atoms with van der Waals surface area (Å²) < 4.78 is 6.61. The number of aliphatic hydroxyl groups excluding tert-OH is 1. The van der Waals surface area contributed by atoms with Crippen LogP contribution in [0.3, 0.4) is 0 Å². The van der Waals surface area contributed by atoms with E-state index in [1.54, 1.807) is 0 Å². The van der Waals surface area contributed by atoms with E-state index in [0.717, 1.165) is 29.2 Å². The fourth-order valence-corrected chi connectivity index (χ4v) is 2.75. The number of hydrogen-bond acceptors (Lipinski definition) is 5. The van der Waals surface area contributed by atoms with E-state index in [1.165, 1.54) is 0 Å². The molecule has 1 fully saturated rings. The van der Waals surface area contributed by atoms with Crippen LogP contribution in [0.1, 0.15) is 26.6 Å². The lowest BCUT2D eigenvalue weighted by molar-refractivity contribution is -0.101. The number of halogens is 1. The van der Waals surface area contributed by atoms with Crippen molar-refractivity contribution < 1.29 is 9.84 Å². The summed E-state index contributed by atoms with van der Waals surface area (Å²) in [6.07, 6.45) is 0.617. The lowest BCUT2D eigenvalue weighted by Crippen LogP contribution is -2.54. The number of hydrogen-bond donors (Lipinski definition) is 1. The van der Waals surface area contributed by atoms with Crippen LogP contribution in [0.5, 0.6) is 0 Å². The van der Waals surface area contributed by atoms with E-state index in [2.05, 4.69) is 30.8 Å². The Morgan fingerprint density at radius 1 is 1.53 bits per heavy atom. The number of aromatic nitrogens is 2. The van der Waals surface area contributed by atoms with E-state index in [0.29, 0.717) is 6.54 Å². The third kappa shape index (κ3) is 3.64. The molecular weight excluding hydrogens is 310 g/mol. The lowest BCUT2D eigenvalue weighted by atomic mass is 10.1. The van der Waals surface area contributed by atoms with Crippen LogP contribution in [-0.4, -0.2) is 46.5 Å². The second kappa shape index (κ2) is 5.73. The van der Waals surface area contributed by atoms with Crippen molar-refractivity contribution in [3.8, 4) is 0 Å². The normalized spacial score (nSPS) is 22.6. The smallest absolute Gasteiger partial charge is 0.133 e. The molecule has 1 saturated heterocycles. The van der Waals surface area contributed by atoms with Crippen molar-refractivity contribution in [1.82, 2.24) is 9.97 Å². The molecule has 0 radical (unpaired) electrons. The first-order chi connectivity index (χ1) is 8.93. The molecule has 0 aliphatic carbocycles. The highest BCUT2D eigenvalue weighted by Crippen LogP contribution is 2.26. The zero-order chi connectivity index (χ0) is 14.0. The first-order valence-corrected chi connectivity index (χ1v) is 7.30. The quantitative estimate of drug-likeness (QED) is 0.856. The molecule has 106 valence electrons. The van der Waals surface area contributed by atoms with E-state index in [9.17, 15) is 5.11 Å². The van der Waals surface area contributed by atoms with E-state index in [-0.39, 0.29) is 18.3 Å². The van der Waals surface area contributed by atoms with E-state index >= 15 is 0 Å². The summed E-state index contributed by atoms with van der Waals surface area (Å²) in [4.78, 5) is 11.0. The summed E-state index contributed by atoms with van der Waals surface area (Å²) in [5, 5.41) is 9.35. The lowest BCUT2D eigenvalue weighted by Gasteiger charge is -2.42. The average Bonchev–Trinajstić information content (AvgIpc) is 2.36. The summed E-state index contributed by atoms with van der Waals surface area (Å²) in [5.74, 6) is 1.70. The van der Waals surface area contributed by atoms with Gasteiger partial charge >= 0.3 is 0 Å². The van der Waals surface area contributed by atoms with Crippen LogP contribution in [0.15, 0.2) is 10.7 Å². The standard InChI is InChI=1S/C13H20BrN3O2/c1-4-11-15-10(14)5-12(16-11)17-6-9(7-18)19-13(2,3)8-17/h5,9,18H,4,6-8H2,1-3H3. The minimum atomic E-state index is -0.296. The van der Waals surface area contributed by atoms with Crippen LogP contribution in [0, 0.1) is 0 Å². The zero-order valence-corrected chi connectivity index (χ0v) is 13.1. The molecule has 2 heterocycles. The Kier molecular flexibility index (Phi) is 4.43. The average molecular weight is 330 g/mol. The SMILES string of the molecule is CCc1nc(Br)cc(N2CC(CO)OC(C)(C)C2)n1. The fraction of sp³-hybridized carbons (Fsp3) is 0.692. The number of anilines is 1. The highest BCUT2D eigenvalue weighted by atomic mass is 79.9. The van der Waals surface area contributed by atoms with Gasteiger partial charge in [0.25, 0.3) is 0 Å². The molecule has 0 amide bonds. The van der Waals surface area contributed by atoms with Crippen molar-refractivity contribution in [2.75, 3.05) is 24.6 Å². The summed E-state index contributed by atoms with van der Waals surface area (Å²) in [7, 11) is 0. The molecule has 19 heavy (non-hydrogen) atoms. The van der Waals surface area contributed by atoms with Gasteiger partial charge in [0, 0.05) is 25.6 Å². The second-order valence-corrected chi connectivity index (χ2v) is 6.19. The molecule has 1 unspecified atom stereocenters. The Labute approximate surface area is 122 Å². The molecule has 1 aliphatic heterocycles. The molecule has 1 aliphatic rings. The molecule has 1 aromatic heterocycles. The maximum absolute atomic E-state index is 9.35. The Morgan fingerprint density at radius 3 is 2.89 bits per heavy atom. The number of rotatable bonds is 3. The van der Waals surface area contributed by atoms with Gasteiger partial charge in [-0.15, -0.1) is 0 Å². The predicted octanol–water partition coefficient (Wildman–Crippen LogP) is 1.78. The summed E-state index contributed by atoms with van der Waals surface area (Å²) in [6, 6.07) is 1.91. The highest BCUT2D eigenvalue weighted by molar-refractivity contribution is 9.10. The minimum absolute atomic E-state index is 0.0207. The second-order valence-electron chi connectivity index (χ2n) is 5.38. The van der Waals surface area contributed by atoms with Gasteiger partial charge in [-0.3, -0.25) is 0 Å². The summed E-state index contributed by atoms with van der Waals surface area (Å²) in [6.45, 7) is 7.50. The molecule has 0 aromatic carbocycles.